The lowest BCUT2D eigenvalue weighted by molar-refractivity contribution is -0.123. The molecule has 1 aromatic carbocycles. The maximum Gasteiger partial charge on any atom is 0.340 e. The molecular formula is C18H20N2O5. The van der Waals surface area contributed by atoms with Gasteiger partial charge in [0.25, 0.3) is 0 Å². The van der Waals surface area contributed by atoms with Gasteiger partial charge in [0.15, 0.2) is 0 Å². The van der Waals surface area contributed by atoms with Crippen molar-refractivity contribution in [2.75, 3.05) is 18.1 Å². The highest BCUT2D eigenvalue weighted by Crippen LogP contribution is 2.21. The molecule has 0 spiro atoms. The molecule has 25 heavy (non-hydrogen) atoms. The number of furan rings is 1. The second-order valence-corrected chi connectivity index (χ2v) is 5.20. The van der Waals surface area contributed by atoms with Crippen molar-refractivity contribution in [1.82, 2.24) is 5.32 Å². The van der Waals surface area contributed by atoms with E-state index in [4.69, 9.17) is 9.15 Å². The van der Waals surface area contributed by atoms with Crippen LogP contribution in [0.15, 0.2) is 47.1 Å². The number of nitrogens with zero attached hydrogens (tertiary/aromatic N) is 1. The fourth-order valence-electron chi connectivity index (χ4n) is 2.25. The van der Waals surface area contributed by atoms with Crippen molar-refractivity contribution in [3.05, 3.63) is 54.0 Å². The third-order valence-corrected chi connectivity index (χ3v) is 3.41. The Hall–Kier alpha value is -3.09. The molecule has 0 atom stereocenters. The summed E-state index contributed by atoms with van der Waals surface area (Å²) in [6.07, 6.45) is 1.51. The number of ether oxygens (including phenoxy) is 1. The highest BCUT2D eigenvalue weighted by molar-refractivity contribution is 6.04. The molecule has 0 aliphatic heterocycles. The Balaban J connectivity index is 2.14. The van der Waals surface area contributed by atoms with Crippen LogP contribution in [0.4, 0.5) is 5.69 Å². The first-order valence-corrected chi connectivity index (χ1v) is 7.86. The van der Waals surface area contributed by atoms with E-state index >= 15 is 0 Å². The summed E-state index contributed by atoms with van der Waals surface area (Å²) in [7, 11) is 0. The van der Waals surface area contributed by atoms with Gasteiger partial charge < -0.3 is 19.4 Å². The fourth-order valence-corrected chi connectivity index (χ4v) is 2.25. The van der Waals surface area contributed by atoms with Crippen LogP contribution in [0.1, 0.15) is 30.0 Å². The SMILES string of the molecule is CCOC(=O)c1ccccc1N(CC(=O)NCc1ccco1)C(C)=O. The maximum atomic E-state index is 12.2. The Morgan fingerprint density at radius 2 is 1.92 bits per heavy atom. The number of hydrogen-bond acceptors (Lipinski definition) is 5. The minimum Gasteiger partial charge on any atom is -0.467 e. The van der Waals surface area contributed by atoms with Gasteiger partial charge in [0.2, 0.25) is 11.8 Å². The van der Waals surface area contributed by atoms with Crippen LogP contribution in [0.3, 0.4) is 0 Å². The van der Waals surface area contributed by atoms with Gasteiger partial charge in [-0.2, -0.15) is 0 Å². The molecule has 1 N–H and O–H groups in total. The molecule has 1 heterocycles. The fraction of sp³-hybridized carbons (Fsp3) is 0.278. The topological polar surface area (TPSA) is 88.8 Å². The molecule has 7 heteroatoms. The predicted octanol–water partition coefficient (Wildman–Crippen LogP) is 2.13. The van der Waals surface area contributed by atoms with E-state index in [2.05, 4.69) is 5.32 Å². The standard InChI is InChI=1S/C18H20N2O5/c1-3-24-18(23)15-8-4-5-9-16(15)20(13(2)21)12-17(22)19-11-14-7-6-10-25-14/h4-10H,3,11-12H2,1-2H3,(H,19,22). The van der Waals surface area contributed by atoms with E-state index in [1.54, 1.807) is 43.3 Å². The van der Waals surface area contributed by atoms with E-state index in [1.165, 1.54) is 18.1 Å². The van der Waals surface area contributed by atoms with E-state index in [0.29, 0.717) is 11.4 Å². The molecule has 0 fully saturated rings. The van der Waals surface area contributed by atoms with Crippen LogP contribution in [0.25, 0.3) is 0 Å². The number of carbonyl (C=O) groups excluding carboxylic acids is 3. The number of esters is 1. The highest BCUT2D eigenvalue weighted by atomic mass is 16.5. The van der Waals surface area contributed by atoms with Crippen molar-refractivity contribution in [2.45, 2.75) is 20.4 Å². The Bertz CT molecular complexity index is 740. The first kappa shape index (κ1) is 18.3. The first-order chi connectivity index (χ1) is 12.0. The van der Waals surface area contributed by atoms with Crippen molar-refractivity contribution >= 4 is 23.5 Å². The lowest BCUT2D eigenvalue weighted by Crippen LogP contribution is -2.40. The van der Waals surface area contributed by atoms with Gasteiger partial charge in [0.05, 0.1) is 30.7 Å². The van der Waals surface area contributed by atoms with Crippen molar-refractivity contribution in [1.29, 1.82) is 0 Å². The summed E-state index contributed by atoms with van der Waals surface area (Å²) >= 11 is 0. The lowest BCUT2D eigenvalue weighted by atomic mass is 10.1. The van der Waals surface area contributed by atoms with Crippen LogP contribution >= 0.6 is 0 Å². The van der Waals surface area contributed by atoms with Crippen molar-refractivity contribution < 1.29 is 23.5 Å². The zero-order chi connectivity index (χ0) is 18.2. The van der Waals surface area contributed by atoms with Gasteiger partial charge in [-0.15, -0.1) is 0 Å². The minimum atomic E-state index is -0.541. The van der Waals surface area contributed by atoms with Crippen LogP contribution in [-0.4, -0.2) is 30.9 Å². The molecule has 2 rings (SSSR count). The molecule has 132 valence electrons. The number of amides is 2. The summed E-state index contributed by atoms with van der Waals surface area (Å²) in [6.45, 7) is 3.26. The second-order valence-electron chi connectivity index (χ2n) is 5.20. The summed E-state index contributed by atoms with van der Waals surface area (Å²) in [4.78, 5) is 37.5. The molecule has 0 bridgehead atoms. The van der Waals surface area contributed by atoms with Gasteiger partial charge in [-0.25, -0.2) is 4.79 Å². The maximum absolute atomic E-state index is 12.2. The Morgan fingerprint density at radius 1 is 1.16 bits per heavy atom. The molecular weight excluding hydrogens is 324 g/mol. The number of para-hydroxylation sites is 1. The normalized spacial score (nSPS) is 10.2. The Labute approximate surface area is 145 Å². The highest BCUT2D eigenvalue weighted by Gasteiger charge is 2.22. The third-order valence-electron chi connectivity index (χ3n) is 3.41. The molecule has 0 unspecified atom stereocenters. The van der Waals surface area contributed by atoms with Crippen molar-refractivity contribution in [3.8, 4) is 0 Å². The molecule has 2 aromatic rings. The monoisotopic (exact) mass is 344 g/mol. The zero-order valence-electron chi connectivity index (χ0n) is 14.2. The van der Waals surface area contributed by atoms with E-state index < -0.39 is 5.97 Å². The predicted molar refractivity (Wildman–Crippen MR) is 91.0 cm³/mol. The quantitative estimate of drug-likeness (QED) is 0.777. The number of carbonyl (C=O) groups is 3. The number of hydrogen-bond donors (Lipinski definition) is 1. The van der Waals surface area contributed by atoms with Crippen LogP contribution in [0, 0.1) is 0 Å². The first-order valence-electron chi connectivity index (χ1n) is 7.86. The van der Waals surface area contributed by atoms with E-state index in [1.807, 2.05) is 0 Å². The second kappa shape index (κ2) is 8.68. The summed E-state index contributed by atoms with van der Waals surface area (Å²) in [5, 5.41) is 2.67. The summed E-state index contributed by atoms with van der Waals surface area (Å²) in [6, 6.07) is 9.98. The van der Waals surface area contributed by atoms with Gasteiger partial charge >= 0.3 is 5.97 Å². The Morgan fingerprint density at radius 3 is 2.56 bits per heavy atom. The molecule has 0 saturated carbocycles. The van der Waals surface area contributed by atoms with E-state index in [9.17, 15) is 14.4 Å². The smallest absolute Gasteiger partial charge is 0.340 e. The van der Waals surface area contributed by atoms with E-state index in [-0.39, 0.29) is 37.1 Å². The summed E-state index contributed by atoms with van der Waals surface area (Å²) in [5.41, 5.74) is 0.569. The third kappa shape index (κ3) is 4.94. The van der Waals surface area contributed by atoms with Crippen LogP contribution in [0.2, 0.25) is 0 Å². The van der Waals surface area contributed by atoms with E-state index in [0.717, 1.165) is 0 Å². The molecule has 7 nitrogen and oxygen atoms in total. The molecule has 1 aromatic heterocycles. The number of nitrogens with one attached hydrogen (secondary N) is 1. The molecule has 0 radical (unpaired) electrons. The number of anilines is 1. The van der Waals surface area contributed by atoms with Gasteiger partial charge in [-0.1, -0.05) is 12.1 Å². The molecule has 0 aliphatic carbocycles. The minimum absolute atomic E-state index is 0.216. The van der Waals surface area contributed by atoms with Gasteiger partial charge in [-0.3, -0.25) is 9.59 Å². The average molecular weight is 344 g/mol. The summed E-state index contributed by atoms with van der Waals surface area (Å²) < 4.78 is 10.2. The number of rotatable bonds is 7. The van der Waals surface area contributed by atoms with Crippen LogP contribution in [-0.2, 0) is 20.9 Å². The van der Waals surface area contributed by atoms with Crippen molar-refractivity contribution in [3.63, 3.8) is 0 Å². The largest absolute Gasteiger partial charge is 0.467 e. The van der Waals surface area contributed by atoms with Gasteiger partial charge in [0.1, 0.15) is 12.3 Å². The lowest BCUT2D eigenvalue weighted by Gasteiger charge is -2.22. The summed E-state index contributed by atoms with van der Waals surface area (Å²) in [5.74, 6) is -0.662. The van der Waals surface area contributed by atoms with Gasteiger partial charge in [-0.05, 0) is 31.2 Å². The number of benzene rings is 1. The molecule has 2 amide bonds. The van der Waals surface area contributed by atoms with Crippen LogP contribution in [0.5, 0.6) is 0 Å². The van der Waals surface area contributed by atoms with Gasteiger partial charge in [0, 0.05) is 6.92 Å². The Kier molecular flexibility index (Phi) is 6.33. The average Bonchev–Trinajstić information content (AvgIpc) is 3.11. The van der Waals surface area contributed by atoms with Crippen LogP contribution < -0.4 is 10.2 Å². The van der Waals surface area contributed by atoms with Crippen molar-refractivity contribution in [2.24, 2.45) is 0 Å². The molecule has 0 saturated heterocycles. The molecule has 0 aliphatic rings. The zero-order valence-corrected chi connectivity index (χ0v) is 14.2.